The van der Waals surface area contributed by atoms with Crippen molar-refractivity contribution in [2.75, 3.05) is 32.8 Å². The van der Waals surface area contributed by atoms with E-state index in [-0.39, 0.29) is 30.0 Å². The summed E-state index contributed by atoms with van der Waals surface area (Å²) in [5, 5.41) is 9.68. The van der Waals surface area contributed by atoms with E-state index in [0.29, 0.717) is 62.4 Å². The van der Waals surface area contributed by atoms with Crippen molar-refractivity contribution in [2.24, 2.45) is 0 Å². The van der Waals surface area contributed by atoms with Crippen molar-refractivity contribution in [3.8, 4) is 5.75 Å². The zero-order valence-corrected chi connectivity index (χ0v) is 18.1. The minimum atomic E-state index is -0.350. The number of nitrogens with one attached hydrogen (secondary N) is 2. The van der Waals surface area contributed by atoms with Gasteiger partial charge in [0.2, 0.25) is 5.91 Å². The molecule has 4 rings (SSSR count). The Kier molecular flexibility index (Phi) is 7.08. The molecular formula is C22H25N7O4. The van der Waals surface area contributed by atoms with Crippen LogP contribution in [0, 0.1) is 0 Å². The highest BCUT2D eigenvalue weighted by molar-refractivity contribution is 5.95. The van der Waals surface area contributed by atoms with Gasteiger partial charge in [0, 0.05) is 44.0 Å². The van der Waals surface area contributed by atoms with E-state index in [4.69, 9.17) is 4.74 Å². The molecule has 4 heterocycles. The first-order chi connectivity index (χ1) is 16.1. The molecular weight excluding hydrogens is 426 g/mol. The highest BCUT2D eigenvalue weighted by Gasteiger charge is 2.18. The van der Waals surface area contributed by atoms with E-state index in [2.05, 4.69) is 25.7 Å². The van der Waals surface area contributed by atoms with Gasteiger partial charge in [-0.15, -0.1) is 0 Å². The Morgan fingerprint density at radius 3 is 2.85 bits per heavy atom. The molecule has 0 radical (unpaired) electrons. The number of nitrogens with zero attached hydrogens (tertiary/aromatic N) is 5. The Labute approximate surface area is 190 Å². The molecule has 3 amide bonds. The molecule has 3 aromatic heterocycles. The number of carbonyl (C=O) groups is 3. The molecule has 1 aliphatic heterocycles. The molecule has 172 valence electrons. The minimum absolute atomic E-state index is 0.118. The summed E-state index contributed by atoms with van der Waals surface area (Å²) in [6.45, 7) is 1.72. The third-order valence-electron chi connectivity index (χ3n) is 5.20. The van der Waals surface area contributed by atoms with Crippen molar-refractivity contribution in [1.82, 2.24) is 35.1 Å². The average molecular weight is 451 g/mol. The zero-order chi connectivity index (χ0) is 23.0. The third kappa shape index (κ3) is 5.62. The standard InChI is InChI=1S/C22H25N7O4/c30-19-5-2-10-28(22(32)16-6-12-29-18(14-16)26-15-27-29)11-3-8-25-21(31)20-17(4-1-7-24-20)33-13-9-23-19/h1,4,6-7,12,14-15H,2-3,5,8-11,13H2,(H,23,30)(H,25,31). The van der Waals surface area contributed by atoms with Crippen LogP contribution in [0.25, 0.3) is 5.65 Å². The molecule has 0 fully saturated rings. The van der Waals surface area contributed by atoms with Crippen LogP contribution in [0.4, 0.5) is 0 Å². The van der Waals surface area contributed by atoms with Gasteiger partial charge in [-0.25, -0.2) is 14.5 Å². The summed E-state index contributed by atoms with van der Waals surface area (Å²) in [6.07, 6.45) is 5.99. The van der Waals surface area contributed by atoms with Gasteiger partial charge in [0.15, 0.2) is 17.1 Å². The average Bonchev–Trinajstić information content (AvgIpc) is 3.30. The molecule has 11 heteroatoms. The fraction of sp³-hybridized carbons (Fsp3) is 0.364. The van der Waals surface area contributed by atoms with Crippen LogP contribution in [-0.4, -0.2) is 75.0 Å². The third-order valence-corrected chi connectivity index (χ3v) is 5.20. The predicted octanol–water partition coefficient (Wildman–Crippen LogP) is 0.675. The summed E-state index contributed by atoms with van der Waals surface area (Å²) in [5.41, 5.74) is 1.26. The number of fused-ring (bicyclic) bond motifs is 2. The maximum Gasteiger partial charge on any atom is 0.273 e. The maximum atomic E-state index is 13.2. The number of amides is 3. The van der Waals surface area contributed by atoms with Gasteiger partial charge in [0.1, 0.15) is 12.9 Å². The molecule has 11 nitrogen and oxygen atoms in total. The van der Waals surface area contributed by atoms with Gasteiger partial charge in [-0.2, -0.15) is 5.10 Å². The smallest absolute Gasteiger partial charge is 0.273 e. The van der Waals surface area contributed by atoms with Gasteiger partial charge in [-0.3, -0.25) is 14.4 Å². The van der Waals surface area contributed by atoms with Crippen molar-refractivity contribution >= 4 is 23.4 Å². The molecule has 33 heavy (non-hydrogen) atoms. The summed E-state index contributed by atoms with van der Waals surface area (Å²) < 4.78 is 7.21. The molecule has 0 saturated heterocycles. The number of pyridine rings is 2. The molecule has 1 aliphatic rings. The fourth-order valence-electron chi connectivity index (χ4n) is 3.55. The van der Waals surface area contributed by atoms with Crippen LogP contribution >= 0.6 is 0 Å². The fourth-order valence-corrected chi connectivity index (χ4v) is 3.55. The normalized spacial score (nSPS) is 16.4. The summed E-state index contributed by atoms with van der Waals surface area (Å²) in [5.74, 6) is -0.269. The maximum absolute atomic E-state index is 13.2. The molecule has 0 atom stereocenters. The van der Waals surface area contributed by atoms with Crippen LogP contribution in [0.15, 0.2) is 43.0 Å². The lowest BCUT2D eigenvalue weighted by Gasteiger charge is -2.23. The molecule has 2 N–H and O–H groups in total. The van der Waals surface area contributed by atoms with Crippen LogP contribution in [0.5, 0.6) is 5.75 Å². The highest BCUT2D eigenvalue weighted by Crippen LogP contribution is 2.15. The second-order valence-electron chi connectivity index (χ2n) is 7.53. The van der Waals surface area contributed by atoms with Crippen molar-refractivity contribution in [3.05, 3.63) is 54.2 Å². The van der Waals surface area contributed by atoms with Crippen molar-refractivity contribution < 1.29 is 19.1 Å². The van der Waals surface area contributed by atoms with E-state index in [9.17, 15) is 14.4 Å². The van der Waals surface area contributed by atoms with Gasteiger partial charge in [-0.1, -0.05) is 0 Å². The SMILES string of the molecule is O=C1CCCN(C(=O)c2ccn3ncnc3c2)CCCNC(=O)c2ncccc2OCCN1. The second-order valence-corrected chi connectivity index (χ2v) is 7.53. The monoisotopic (exact) mass is 451 g/mol. The van der Waals surface area contributed by atoms with Crippen LogP contribution in [0.3, 0.4) is 0 Å². The van der Waals surface area contributed by atoms with Crippen LogP contribution in [0.1, 0.15) is 40.1 Å². The van der Waals surface area contributed by atoms with Crippen LogP contribution in [0.2, 0.25) is 0 Å². The first-order valence-electron chi connectivity index (χ1n) is 10.8. The highest BCUT2D eigenvalue weighted by atomic mass is 16.5. The van der Waals surface area contributed by atoms with E-state index in [1.165, 1.54) is 12.5 Å². The lowest BCUT2D eigenvalue weighted by molar-refractivity contribution is -0.121. The second kappa shape index (κ2) is 10.5. The topological polar surface area (TPSA) is 131 Å². The summed E-state index contributed by atoms with van der Waals surface area (Å²) in [7, 11) is 0. The molecule has 0 unspecified atom stereocenters. The summed E-state index contributed by atoms with van der Waals surface area (Å²) in [6, 6.07) is 6.73. The molecule has 0 saturated carbocycles. The van der Waals surface area contributed by atoms with Crippen molar-refractivity contribution in [3.63, 3.8) is 0 Å². The zero-order valence-electron chi connectivity index (χ0n) is 18.1. The number of ether oxygens (including phenoxy) is 1. The summed E-state index contributed by atoms with van der Waals surface area (Å²) >= 11 is 0. The predicted molar refractivity (Wildman–Crippen MR) is 118 cm³/mol. The van der Waals surface area contributed by atoms with Crippen molar-refractivity contribution in [2.45, 2.75) is 19.3 Å². The number of hydrogen-bond donors (Lipinski definition) is 2. The Bertz CT molecular complexity index is 1150. The first kappa shape index (κ1) is 22.2. The first-order valence-corrected chi connectivity index (χ1v) is 10.8. The Morgan fingerprint density at radius 2 is 1.94 bits per heavy atom. The number of aromatic nitrogens is 4. The number of rotatable bonds is 1. The molecule has 0 aromatic carbocycles. The van der Waals surface area contributed by atoms with Crippen LogP contribution in [-0.2, 0) is 4.79 Å². The summed E-state index contributed by atoms with van der Waals surface area (Å²) in [4.78, 5) is 47.9. The lowest BCUT2D eigenvalue weighted by Crippen LogP contribution is -2.36. The van der Waals surface area contributed by atoms with Gasteiger partial charge < -0.3 is 20.3 Å². The van der Waals surface area contributed by atoms with E-state index in [0.717, 1.165) is 0 Å². The van der Waals surface area contributed by atoms with Crippen LogP contribution < -0.4 is 15.4 Å². The molecule has 3 aromatic rings. The molecule has 0 bridgehead atoms. The molecule has 0 aliphatic carbocycles. The Hall–Kier alpha value is -4.02. The minimum Gasteiger partial charge on any atom is -0.489 e. The van der Waals surface area contributed by atoms with E-state index < -0.39 is 0 Å². The Morgan fingerprint density at radius 1 is 1.06 bits per heavy atom. The van der Waals surface area contributed by atoms with Gasteiger partial charge in [0.25, 0.3) is 11.8 Å². The van der Waals surface area contributed by atoms with E-state index >= 15 is 0 Å². The van der Waals surface area contributed by atoms with E-state index in [1.807, 2.05) is 0 Å². The number of carbonyl (C=O) groups excluding carboxylic acids is 3. The molecule has 0 spiro atoms. The van der Waals surface area contributed by atoms with Gasteiger partial charge >= 0.3 is 0 Å². The quantitative estimate of drug-likeness (QED) is 0.556. The number of hydrogen-bond acceptors (Lipinski definition) is 7. The van der Waals surface area contributed by atoms with Gasteiger partial charge in [0.05, 0.1) is 6.54 Å². The van der Waals surface area contributed by atoms with Crippen molar-refractivity contribution in [1.29, 1.82) is 0 Å². The van der Waals surface area contributed by atoms with Gasteiger partial charge in [-0.05, 0) is 37.1 Å². The largest absolute Gasteiger partial charge is 0.489 e. The lowest BCUT2D eigenvalue weighted by atomic mass is 10.2. The van der Waals surface area contributed by atoms with E-state index in [1.54, 1.807) is 39.9 Å². The Balaban J connectivity index is 1.47.